The molecule has 2 heterocycles. The van der Waals surface area contributed by atoms with Crippen LogP contribution in [0.25, 0.3) is 0 Å². The van der Waals surface area contributed by atoms with E-state index in [1.54, 1.807) is 18.2 Å². The number of rotatable bonds is 6. The number of amides is 3. The van der Waals surface area contributed by atoms with Crippen molar-refractivity contribution in [1.29, 1.82) is 5.26 Å². The number of pyridine rings is 1. The second-order valence-corrected chi connectivity index (χ2v) is 10.6. The normalized spacial score (nSPS) is 16.1. The standard InChI is InChI=1S/C26H23F3N6O4S/c27-26(28,29)19-6-8-20(9-7-19)33-25(37)34-13-14-35(40(38,39)22-10-4-18(15-30)5-11-22)23(17-34)24(36)32-16-21-3-1-2-12-31-21/h1-12,23H,13-14,16-17H2,(H,32,36)(H,33,37). The fourth-order valence-corrected chi connectivity index (χ4v) is 5.60. The van der Waals surface area contributed by atoms with Gasteiger partial charge in [0.05, 0.1) is 34.3 Å². The van der Waals surface area contributed by atoms with Gasteiger partial charge in [0, 0.05) is 31.5 Å². The minimum atomic E-state index is -4.53. The number of aromatic nitrogens is 1. The number of piperazine rings is 1. The number of hydrogen-bond acceptors (Lipinski definition) is 6. The third kappa shape index (κ3) is 6.56. The van der Waals surface area contributed by atoms with Crippen LogP contribution in [-0.4, -0.2) is 60.2 Å². The third-order valence-corrected chi connectivity index (χ3v) is 8.07. The Bertz CT molecular complexity index is 1510. The van der Waals surface area contributed by atoms with E-state index < -0.39 is 39.7 Å². The molecule has 4 rings (SSSR count). The zero-order valence-corrected chi connectivity index (χ0v) is 21.6. The lowest BCUT2D eigenvalue weighted by molar-refractivity contribution is -0.137. The lowest BCUT2D eigenvalue weighted by atomic mass is 10.2. The zero-order valence-electron chi connectivity index (χ0n) is 20.8. The zero-order chi connectivity index (χ0) is 28.9. The number of alkyl halides is 3. The molecular formula is C26H23F3N6O4S. The Morgan fingerprint density at radius 3 is 2.33 bits per heavy atom. The van der Waals surface area contributed by atoms with Gasteiger partial charge in [-0.1, -0.05) is 6.07 Å². The molecule has 2 N–H and O–H groups in total. The van der Waals surface area contributed by atoms with Gasteiger partial charge in [0.2, 0.25) is 15.9 Å². The smallest absolute Gasteiger partial charge is 0.349 e. The van der Waals surface area contributed by atoms with Crippen LogP contribution in [0.3, 0.4) is 0 Å². The van der Waals surface area contributed by atoms with Crippen molar-refractivity contribution in [2.24, 2.45) is 0 Å². The fourth-order valence-electron chi connectivity index (χ4n) is 4.03. The number of benzene rings is 2. The summed E-state index contributed by atoms with van der Waals surface area (Å²) in [5.74, 6) is -0.671. The van der Waals surface area contributed by atoms with Gasteiger partial charge in [-0.3, -0.25) is 9.78 Å². The monoisotopic (exact) mass is 572 g/mol. The summed E-state index contributed by atoms with van der Waals surface area (Å²) in [5, 5.41) is 14.2. The Hall–Kier alpha value is -4.48. The number of anilines is 1. The van der Waals surface area contributed by atoms with Crippen molar-refractivity contribution in [2.45, 2.75) is 23.7 Å². The molecule has 0 radical (unpaired) electrons. The number of nitriles is 1. The summed E-state index contributed by atoms with van der Waals surface area (Å²) in [4.78, 5) is 31.4. The molecule has 3 amide bonds. The van der Waals surface area contributed by atoms with Gasteiger partial charge in [0.1, 0.15) is 6.04 Å². The molecule has 40 heavy (non-hydrogen) atoms. The first-order valence-corrected chi connectivity index (χ1v) is 13.4. The van der Waals surface area contributed by atoms with Crippen LogP contribution < -0.4 is 10.6 Å². The predicted molar refractivity (Wildman–Crippen MR) is 137 cm³/mol. The Morgan fingerprint density at radius 2 is 1.73 bits per heavy atom. The van der Waals surface area contributed by atoms with Crippen LogP contribution in [0.15, 0.2) is 77.8 Å². The second kappa shape index (κ2) is 11.7. The topological polar surface area (TPSA) is 136 Å². The van der Waals surface area contributed by atoms with E-state index in [1.807, 2.05) is 6.07 Å². The molecule has 2 aromatic carbocycles. The largest absolute Gasteiger partial charge is 0.416 e. The number of nitrogens with zero attached hydrogens (tertiary/aromatic N) is 4. The third-order valence-electron chi connectivity index (χ3n) is 6.14. The van der Waals surface area contributed by atoms with Crippen LogP contribution in [0.2, 0.25) is 0 Å². The van der Waals surface area contributed by atoms with Crippen LogP contribution in [-0.2, 0) is 27.5 Å². The second-order valence-electron chi connectivity index (χ2n) is 8.76. The van der Waals surface area contributed by atoms with Crippen molar-refractivity contribution in [3.05, 3.63) is 89.7 Å². The molecular weight excluding hydrogens is 549 g/mol. The van der Waals surface area contributed by atoms with Crippen LogP contribution in [0.4, 0.5) is 23.7 Å². The van der Waals surface area contributed by atoms with Crippen molar-refractivity contribution >= 4 is 27.6 Å². The highest BCUT2D eigenvalue weighted by Crippen LogP contribution is 2.30. The summed E-state index contributed by atoms with van der Waals surface area (Å²) in [6.07, 6.45) is -2.99. The molecule has 1 aromatic heterocycles. The van der Waals surface area contributed by atoms with E-state index >= 15 is 0 Å². The van der Waals surface area contributed by atoms with E-state index in [1.165, 1.54) is 35.4 Å². The summed E-state index contributed by atoms with van der Waals surface area (Å²) in [6, 6.07) is 14.0. The summed E-state index contributed by atoms with van der Waals surface area (Å²) in [6.45, 7) is -0.634. The number of carbonyl (C=O) groups is 2. The molecule has 0 spiro atoms. The number of sulfonamides is 1. The number of nitrogens with one attached hydrogen (secondary N) is 2. The lowest BCUT2D eigenvalue weighted by Gasteiger charge is -2.39. The van der Waals surface area contributed by atoms with Gasteiger partial charge in [-0.15, -0.1) is 0 Å². The van der Waals surface area contributed by atoms with E-state index in [4.69, 9.17) is 5.26 Å². The Morgan fingerprint density at radius 1 is 1.02 bits per heavy atom. The molecule has 3 aromatic rings. The van der Waals surface area contributed by atoms with Crippen LogP contribution in [0.1, 0.15) is 16.8 Å². The molecule has 10 nitrogen and oxygen atoms in total. The van der Waals surface area contributed by atoms with Gasteiger partial charge in [0.25, 0.3) is 0 Å². The van der Waals surface area contributed by atoms with Crippen molar-refractivity contribution in [1.82, 2.24) is 19.5 Å². The van der Waals surface area contributed by atoms with Crippen LogP contribution in [0.5, 0.6) is 0 Å². The highest BCUT2D eigenvalue weighted by Gasteiger charge is 2.41. The van der Waals surface area contributed by atoms with Gasteiger partial charge < -0.3 is 15.5 Å². The Labute approximate surface area is 228 Å². The number of hydrogen-bond donors (Lipinski definition) is 2. The summed E-state index contributed by atoms with van der Waals surface area (Å²) in [7, 11) is -4.21. The first kappa shape index (κ1) is 28.5. The molecule has 0 saturated carbocycles. The molecule has 1 saturated heterocycles. The SMILES string of the molecule is N#Cc1ccc(S(=O)(=O)N2CCN(C(=O)Nc3ccc(C(F)(F)F)cc3)CC2C(=O)NCc2ccccn2)cc1. The van der Waals surface area contributed by atoms with Gasteiger partial charge >= 0.3 is 12.2 Å². The molecule has 208 valence electrons. The summed E-state index contributed by atoms with van der Waals surface area (Å²) >= 11 is 0. The summed E-state index contributed by atoms with van der Waals surface area (Å²) < 4.78 is 66.5. The highest BCUT2D eigenvalue weighted by molar-refractivity contribution is 7.89. The van der Waals surface area contributed by atoms with E-state index in [2.05, 4.69) is 15.6 Å². The first-order valence-electron chi connectivity index (χ1n) is 11.9. The molecule has 14 heteroatoms. The van der Waals surface area contributed by atoms with E-state index in [0.717, 1.165) is 28.6 Å². The Kier molecular flexibility index (Phi) is 8.36. The maximum absolute atomic E-state index is 13.5. The summed E-state index contributed by atoms with van der Waals surface area (Å²) in [5.41, 5.74) is 0.0111. The maximum atomic E-state index is 13.5. The lowest BCUT2D eigenvalue weighted by Crippen LogP contribution is -2.61. The average molecular weight is 573 g/mol. The quantitative estimate of drug-likeness (QED) is 0.466. The van der Waals surface area contributed by atoms with Gasteiger partial charge in [0.15, 0.2) is 0 Å². The first-order chi connectivity index (χ1) is 19.0. The van der Waals surface area contributed by atoms with Crippen LogP contribution >= 0.6 is 0 Å². The van der Waals surface area contributed by atoms with Crippen molar-refractivity contribution < 1.29 is 31.2 Å². The molecule has 0 bridgehead atoms. The van der Waals surface area contributed by atoms with Crippen molar-refractivity contribution in [2.75, 3.05) is 25.0 Å². The molecule has 1 fully saturated rings. The maximum Gasteiger partial charge on any atom is 0.416 e. The van der Waals surface area contributed by atoms with Gasteiger partial charge in [-0.05, 0) is 60.7 Å². The van der Waals surface area contributed by atoms with Crippen LogP contribution in [0, 0.1) is 11.3 Å². The predicted octanol–water partition coefficient (Wildman–Crippen LogP) is 3.20. The van der Waals surface area contributed by atoms with Crippen molar-refractivity contribution in [3.63, 3.8) is 0 Å². The van der Waals surface area contributed by atoms with Gasteiger partial charge in [-0.25, -0.2) is 13.2 Å². The van der Waals surface area contributed by atoms with E-state index in [9.17, 15) is 31.2 Å². The molecule has 1 aliphatic heterocycles. The average Bonchev–Trinajstić information content (AvgIpc) is 2.96. The highest BCUT2D eigenvalue weighted by atomic mass is 32.2. The van der Waals surface area contributed by atoms with Gasteiger partial charge in [-0.2, -0.15) is 22.7 Å². The minimum absolute atomic E-state index is 0.0126. The van der Waals surface area contributed by atoms with E-state index in [-0.39, 0.29) is 42.3 Å². The molecule has 1 atom stereocenters. The fraction of sp³-hybridized carbons (Fsp3) is 0.231. The van der Waals surface area contributed by atoms with E-state index in [0.29, 0.717) is 5.69 Å². The number of halogens is 3. The molecule has 1 unspecified atom stereocenters. The Balaban J connectivity index is 1.54. The molecule has 1 aliphatic rings. The van der Waals surface area contributed by atoms with Crippen molar-refractivity contribution in [3.8, 4) is 6.07 Å². The number of carbonyl (C=O) groups excluding carboxylic acids is 2. The molecule has 0 aliphatic carbocycles. The number of urea groups is 1. The minimum Gasteiger partial charge on any atom is -0.349 e.